The molecule has 0 saturated heterocycles. The van der Waals surface area contributed by atoms with Crippen LogP contribution in [0.4, 0.5) is 0 Å². The van der Waals surface area contributed by atoms with E-state index in [1.165, 1.54) is 0 Å². The van der Waals surface area contributed by atoms with E-state index in [4.69, 9.17) is 16.3 Å². The minimum absolute atomic E-state index is 0.135. The molecule has 4 heteroatoms. The molecule has 1 atom stereocenters. The van der Waals surface area contributed by atoms with Crippen molar-refractivity contribution >= 4 is 11.6 Å². The summed E-state index contributed by atoms with van der Waals surface area (Å²) in [6.07, 6.45) is -0.378. The molecule has 1 rings (SSSR count). The molecule has 0 aromatic heterocycles. The topological polar surface area (TPSA) is 41.5 Å². The van der Waals surface area contributed by atoms with Crippen molar-refractivity contribution in [1.29, 1.82) is 0 Å². The smallest absolute Gasteiger partial charge is 0.0898 e. The lowest BCUT2D eigenvalue weighted by atomic mass is 9.94. The Kier molecular flexibility index (Phi) is 6.27. The number of halogens is 1. The molecule has 0 bridgehead atoms. The van der Waals surface area contributed by atoms with E-state index in [1.807, 2.05) is 38.1 Å². The van der Waals surface area contributed by atoms with Gasteiger partial charge < -0.3 is 15.2 Å². The summed E-state index contributed by atoms with van der Waals surface area (Å²) < 4.78 is 5.38. The Morgan fingerprint density at radius 1 is 1.37 bits per heavy atom. The molecule has 0 aliphatic heterocycles. The average Bonchev–Trinajstić information content (AvgIpc) is 2.34. The van der Waals surface area contributed by atoms with E-state index in [0.717, 1.165) is 10.6 Å². The van der Waals surface area contributed by atoms with Gasteiger partial charge in [-0.05, 0) is 45.4 Å². The van der Waals surface area contributed by atoms with Gasteiger partial charge in [0.15, 0.2) is 0 Å². The third kappa shape index (κ3) is 5.91. The van der Waals surface area contributed by atoms with Crippen LogP contribution in [0.15, 0.2) is 24.3 Å². The minimum Gasteiger partial charge on any atom is -0.389 e. The Labute approximate surface area is 120 Å². The lowest BCUT2D eigenvalue weighted by molar-refractivity contribution is 0.00394. The summed E-state index contributed by atoms with van der Waals surface area (Å²) >= 11 is 6.00. The second kappa shape index (κ2) is 7.25. The van der Waals surface area contributed by atoms with E-state index in [9.17, 15) is 5.11 Å². The summed E-state index contributed by atoms with van der Waals surface area (Å²) in [5.41, 5.74) is 0.848. The molecule has 108 valence electrons. The number of ether oxygens (including phenoxy) is 1. The lowest BCUT2D eigenvalue weighted by Gasteiger charge is -2.28. The predicted molar refractivity (Wildman–Crippen MR) is 79.6 cm³/mol. The van der Waals surface area contributed by atoms with E-state index < -0.39 is 6.10 Å². The SMILES string of the molecule is CC(C)OCC(O)CNC(C)(C)c1cccc(Cl)c1. The van der Waals surface area contributed by atoms with Crippen LogP contribution in [0.25, 0.3) is 0 Å². The van der Waals surface area contributed by atoms with Crippen LogP contribution >= 0.6 is 11.6 Å². The van der Waals surface area contributed by atoms with Gasteiger partial charge in [0.05, 0.1) is 18.8 Å². The number of hydrogen-bond donors (Lipinski definition) is 2. The molecular weight excluding hydrogens is 262 g/mol. The van der Waals surface area contributed by atoms with Gasteiger partial charge in [0, 0.05) is 17.1 Å². The first-order chi connectivity index (χ1) is 8.81. The van der Waals surface area contributed by atoms with Crippen molar-refractivity contribution < 1.29 is 9.84 Å². The fraction of sp³-hybridized carbons (Fsp3) is 0.600. The standard InChI is InChI=1S/C15H24ClNO2/c1-11(2)19-10-14(18)9-17-15(3,4)12-6-5-7-13(16)8-12/h5-8,11,14,17-18H,9-10H2,1-4H3. The van der Waals surface area contributed by atoms with Crippen LogP contribution in [0.2, 0.25) is 5.02 Å². The largest absolute Gasteiger partial charge is 0.389 e. The summed E-state index contributed by atoms with van der Waals surface area (Å²) in [5, 5.41) is 13.9. The van der Waals surface area contributed by atoms with Gasteiger partial charge in [0.2, 0.25) is 0 Å². The number of aliphatic hydroxyl groups is 1. The fourth-order valence-electron chi connectivity index (χ4n) is 1.71. The summed E-state index contributed by atoms with van der Waals surface area (Å²) in [6, 6.07) is 7.74. The molecule has 0 aliphatic rings. The van der Waals surface area contributed by atoms with E-state index in [0.29, 0.717) is 13.2 Å². The first-order valence-corrected chi connectivity index (χ1v) is 7.00. The molecule has 3 nitrogen and oxygen atoms in total. The number of rotatable bonds is 7. The third-order valence-corrected chi connectivity index (χ3v) is 3.18. The minimum atomic E-state index is -0.513. The number of benzene rings is 1. The molecule has 19 heavy (non-hydrogen) atoms. The highest BCUT2D eigenvalue weighted by Gasteiger charge is 2.21. The second-order valence-corrected chi connectivity index (χ2v) is 5.99. The van der Waals surface area contributed by atoms with Crippen molar-refractivity contribution in [2.45, 2.75) is 45.4 Å². The highest BCUT2D eigenvalue weighted by Crippen LogP contribution is 2.22. The number of nitrogens with one attached hydrogen (secondary N) is 1. The fourth-order valence-corrected chi connectivity index (χ4v) is 1.91. The van der Waals surface area contributed by atoms with Gasteiger partial charge >= 0.3 is 0 Å². The average molecular weight is 286 g/mol. The maximum atomic E-state index is 9.85. The van der Waals surface area contributed by atoms with Crippen molar-refractivity contribution in [2.24, 2.45) is 0 Å². The summed E-state index contributed by atoms with van der Waals surface area (Å²) in [4.78, 5) is 0. The molecule has 0 radical (unpaired) electrons. The van der Waals surface area contributed by atoms with Gasteiger partial charge in [-0.25, -0.2) is 0 Å². The van der Waals surface area contributed by atoms with Gasteiger partial charge in [-0.1, -0.05) is 23.7 Å². The van der Waals surface area contributed by atoms with Crippen molar-refractivity contribution in [1.82, 2.24) is 5.32 Å². The summed E-state index contributed by atoms with van der Waals surface area (Å²) in [5.74, 6) is 0. The Hall–Kier alpha value is -0.610. The molecular formula is C15H24ClNO2. The van der Waals surface area contributed by atoms with Crippen LogP contribution in [0.5, 0.6) is 0 Å². The first-order valence-electron chi connectivity index (χ1n) is 6.62. The first kappa shape index (κ1) is 16.4. The van der Waals surface area contributed by atoms with Crippen molar-refractivity contribution in [3.8, 4) is 0 Å². The van der Waals surface area contributed by atoms with E-state index in [1.54, 1.807) is 0 Å². The maximum absolute atomic E-state index is 9.85. The zero-order valence-electron chi connectivity index (χ0n) is 12.1. The lowest BCUT2D eigenvalue weighted by Crippen LogP contribution is -2.42. The van der Waals surface area contributed by atoms with Gasteiger partial charge in [-0.15, -0.1) is 0 Å². The van der Waals surface area contributed by atoms with Gasteiger partial charge in [-0.3, -0.25) is 0 Å². The number of aliphatic hydroxyl groups excluding tert-OH is 1. The highest BCUT2D eigenvalue weighted by molar-refractivity contribution is 6.30. The molecule has 0 saturated carbocycles. The van der Waals surface area contributed by atoms with E-state index >= 15 is 0 Å². The summed E-state index contributed by atoms with van der Waals surface area (Å²) in [6.45, 7) is 8.86. The predicted octanol–water partition coefficient (Wildman–Crippen LogP) is 2.95. The molecule has 0 aliphatic carbocycles. The second-order valence-electron chi connectivity index (χ2n) is 5.55. The Morgan fingerprint density at radius 2 is 2.05 bits per heavy atom. The normalized spacial score (nSPS) is 13.8. The molecule has 1 aromatic carbocycles. The highest BCUT2D eigenvalue weighted by atomic mass is 35.5. The molecule has 0 heterocycles. The van der Waals surface area contributed by atoms with Crippen LogP contribution in [0, 0.1) is 0 Å². The Bertz CT molecular complexity index is 393. The Morgan fingerprint density at radius 3 is 2.63 bits per heavy atom. The quantitative estimate of drug-likeness (QED) is 0.809. The molecule has 1 unspecified atom stereocenters. The molecule has 1 aromatic rings. The van der Waals surface area contributed by atoms with Gasteiger partial charge in [-0.2, -0.15) is 0 Å². The van der Waals surface area contributed by atoms with Gasteiger partial charge in [0.1, 0.15) is 0 Å². The molecule has 2 N–H and O–H groups in total. The van der Waals surface area contributed by atoms with E-state index in [2.05, 4.69) is 19.2 Å². The van der Waals surface area contributed by atoms with Crippen LogP contribution in [0.1, 0.15) is 33.3 Å². The van der Waals surface area contributed by atoms with E-state index in [-0.39, 0.29) is 11.6 Å². The van der Waals surface area contributed by atoms with Crippen molar-refractivity contribution in [2.75, 3.05) is 13.2 Å². The van der Waals surface area contributed by atoms with Crippen LogP contribution in [-0.4, -0.2) is 30.5 Å². The third-order valence-electron chi connectivity index (χ3n) is 2.95. The van der Waals surface area contributed by atoms with Crippen molar-refractivity contribution in [3.05, 3.63) is 34.9 Å². The summed E-state index contributed by atoms with van der Waals surface area (Å²) in [7, 11) is 0. The van der Waals surface area contributed by atoms with Crippen LogP contribution in [0.3, 0.4) is 0 Å². The Balaban J connectivity index is 2.51. The molecule has 0 fully saturated rings. The van der Waals surface area contributed by atoms with Gasteiger partial charge in [0.25, 0.3) is 0 Å². The zero-order chi connectivity index (χ0) is 14.5. The van der Waals surface area contributed by atoms with Crippen LogP contribution in [-0.2, 0) is 10.3 Å². The molecule has 0 spiro atoms. The maximum Gasteiger partial charge on any atom is 0.0898 e. The van der Waals surface area contributed by atoms with Crippen LogP contribution < -0.4 is 5.32 Å². The molecule has 0 amide bonds. The number of hydrogen-bond acceptors (Lipinski definition) is 3. The van der Waals surface area contributed by atoms with Crippen molar-refractivity contribution in [3.63, 3.8) is 0 Å². The zero-order valence-corrected chi connectivity index (χ0v) is 12.9. The monoisotopic (exact) mass is 285 g/mol.